The van der Waals surface area contributed by atoms with Crippen LogP contribution >= 0.6 is 0 Å². The number of rotatable bonds is 5. The summed E-state index contributed by atoms with van der Waals surface area (Å²) in [7, 11) is 0. The smallest absolute Gasteiger partial charge is 0.144 e. The van der Waals surface area contributed by atoms with Crippen molar-refractivity contribution in [3.05, 3.63) is 71.5 Å². The molecule has 2 aromatic carbocycles. The molecule has 118 valence electrons. The first-order valence-electron chi connectivity index (χ1n) is 8.40. The normalized spacial score (nSPS) is 10.9. The van der Waals surface area contributed by atoms with Gasteiger partial charge in [-0.3, -0.25) is 4.57 Å². The fourth-order valence-electron chi connectivity index (χ4n) is 3.24. The van der Waals surface area contributed by atoms with Crippen LogP contribution in [-0.4, -0.2) is 9.55 Å². The summed E-state index contributed by atoms with van der Waals surface area (Å²) >= 11 is 0. The van der Waals surface area contributed by atoms with E-state index in [4.69, 9.17) is 0 Å². The van der Waals surface area contributed by atoms with Crippen molar-refractivity contribution in [2.45, 2.75) is 40.0 Å². The number of hydrogen-bond donors (Lipinski definition) is 0. The number of aromatic nitrogens is 2. The van der Waals surface area contributed by atoms with E-state index in [9.17, 15) is 0 Å². The monoisotopic (exact) mass is 304 g/mol. The zero-order valence-electron chi connectivity index (χ0n) is 14.2. The molecule has 0 amide bonds. The molecule has 0 bridgehead atoms. The van der Waals surface area contributed by atoms with Crippen molar-refractivity contribution < 1.29 is 0 Å². The average molecular weight is 304 g/mol. The van der Waals surface area contributed by atoms with Gasteiger partial charge in [0.15, 0.2) is 0 Å². The van der Waals surface area contributed by atoms with Crippen LogP contribution in [0.15, 0.2) is 54.9 Å². The topological polar surface area (TPSA) is 17.8 Å². The maximum atomic E-state index is 4.58. The summed E-state index contributed by atoms with van der Waals surface area (Å²) < 4.78 is 2.21. The van der Waals surface area contributed by atoms with Crippen molar-refractivity contribution in [1.29, 1.82) is 0 Å². The maximum absolute atomic E-state index is 4.58. The van der Waals surface area contributed by atoms with Gasteiger partial charge in [-0.05, 0) is 43.4 Å². The zero-order chi connectivity index (χ0) is 16.2. The molecule has 0 aliphatic heterocycles. The van der Waals surface area contributed by atoms with Crippen molar-refractivity contribution in [3.8, 4) is 17.1 Å². The molecule has 0 atom stereocenters. The number of nitrogens with zero attached hydrogens (tertiary/aromatic N) is 2. The predicted octanol–water partition coefficient (Wildman–Crippen LogP) is 5.50. The van der Waals surface area contributed by atoms with E-state index in [1.807, 2.05) is 12.3 Å². The van der Waals surface area contributed by atoms with Gasteiger partial charge < -0.3 is 0 Å². The number of aryl methyl sites for hydroxylation is 3. The fourth-order valence-corrected chi connectivity index (χ4v) is 3.24. The van der Waals surface area contributed by atoms with E-state index in [0.29, 0.717) is 0 Å². The quantitative estimate of drug-likeness (QED) is 0.608. The Labute approximate surface area is 138 Å². The van der Waals surface area contributed by atoms with E-state index in [0.717, 1.165) is 17.8 Å². The molecular formula is C21H24N2. The highest BCUT2D eigenvalue weighted by molar-refractivity contribution is 5.61. The molecular weight excluding hydrogens is 280 g/mol. The van der Waals surface area contributed by atoms with Crippen LogP contribution in [0.25, 0.3) is 17.1 Å². The molecule has 0 fully saturated rings. The molecule has 0 aliphatic carbocycles. The van der Waals surface area contributed by atoms with Gasteiger partial charge >= 0.3 is 0 Å². The minimum Gasteiger partial charge on any atom is -0.299 e. The standard InChI is InChI=1S/C21H24N2/c1-4-5-9-18-14-16(2)20(17(3)15-18)23-13-12-22-21(23)19-10-7-6-8-11-19/h6-8,10-15H,4-5,9H2,1-3H3. The molecule has 0 unspecified atom stereocenters. The van der Waals surface area contributed by atoms with Gasteiger partial charge in [0.1, 0.15) is 5.82 Å². The molecule has 1 aromatic heterocycles. The zero-order valence-corrected chi connectivity index (χ0v) is 14.2. The number of unbranched alkanes of at least 4 members (excludes halogenated alkanes) is 1. The average Bonchev–Trinajstić information content (AvgIpc) is 3.02. The summed E-state index contributed by atoms with van der Waals surface area (Å²) in [5, 5.41) is 0. The van der Waals surface area contributed by atoms with Gasteiger partial charge in [-0.15, -0.1) is 0 Å². The van der Waals surface area contributed by atoms with E-state index in [2.05, 4.69) is 72.9 Å². The molecule has 1 heterocycles. The van der Waals surface area contributed by atoms with Crippen LogP contribution in [0.4, 0.5) is 0 Å². The van der Waals surface area contributed by atoms with Gasteiger partial charge in [0.05, 0.1) is 5.69 Å². The van der Waals surface area contributed by atoms with Gasteiger partial charge in [-0.25, -0.2) is 4.98 Å². The Balaban J connectivity index is 2.05. The Hall–Kier alpha value is -2.35. The highest BCUT2D eigenvalue weighted by atomic mass is 15.1. The molecule has 3 aromatic rings. The van der Waals surface area contributed by atoms with Gasteiger partial charge in [0.2, 0.25) is 0 Å². The summed E-state index contributed by atoms with van der Waals surface area (Å²) in [6, 6.07) is 15.0. The molecule has 0 spiro atoms. The van der Waals surface area contributed by atoms with Crippen LogP contribution in [0.5, 0.6) is 0 Å². The van der Waals surface area contributed by atoms with Crippen molar-refractivity contribution in [2.24, 2.45) is 0 Å². The first-order valence-corrected chi connectivity index (χ1v) is 8.40. The third kappa shape index (κ3) is 3.21. The van der Waals surface area contributed by atoms with E-state index < -0.39 is 0 Å². The maximum Gasteiger partial charge on any atom is 0.144 e. The van der Waals surface area contributed by atoms with Crippen LogP contribution in [0.1, 0.15) is 36.5 Å². The minimum atomic E-state index is 0.998. The highest BCUT2D eigenvalue weighted by Gasteiger charge is 2.12. The number of benzene rings is 2. The molecule has 0 saturated heterocycles. The summed E-state index contributed by atoms with van der Waals surface area (Å²) in [6.45, 7) is 6.64. The Bertz CT molecular complexity index is 762. The molecule has 2 heteroatoms. The van der Waals surface area contributed by atoms with Gasteiger partial charge in [-0.1, -0.05) is 55.8 Å². The van der Waals surface area contributed by atoms with Crippen molar-refractivity contribution in [3.63, 3.8) is 0 Å². The molecule has 0 aliphatic rings. The van der Waals surface area contributed by atoms with Crippen molar-refractivity contribution in [2.75, 3.05) is 0 Å². The second kappa shape index (κ2) is 6.82. The highest BCUT2D eigenvalue weighted by Crippen LogP contribution is 2.27. The summed E-state index contributed by atoms with van der Waals surface area (Å²) in [5.74, 6) is 0.998. The molecule has 0 N–H and O–H groups in total. The number of imidazole rings is 1. The third-order valence-electron chi connectivity index (χ3n) is 4.28. The van der Waals surface area contributed by atoms with Gasteiger partial charge in [-0.2, -0.15) is 0 Å². The van der Waals surface area contributed by atoms with Crippen LogP contribution in [0.3, 0.4) is 0 Å². The summed E-state index contributed by atoms with van der Waals surface area (Å²) in [6.07, 6.45) is 7.58. The Morgan fingerprint density at radius 1 is 1.00 bits per heavy atom. The van der Waals surface area contributed by atoms with Crippen LogP contribution < -0.4 is 0 Å². The molecule has 0 radical (unpaired) electrons. The Morgan fingerprint density at radius 3 is 2.35 bits per heavy atom. The number of hydrogen-bond acceptors (Lipinski definition) is 1. The largest absolute Gasteiger partial charge is 0.299 e. The predicted molar refractivity (Wildman–Crippen MR) is 97.1 cm³/mol. The Morgan fingerprint density at radius 2 is 1.70 bits per heavy atom. The molecule has 0 saturated carbocycles. The van der Waals surface area contributed by atoms with E-state index >= 15 is 0 Å². The lowest BCUT2D eigenvalue weighted by atomic mass is 10.00. The summed E-state index contributed by atoms with van der Waals surface area (Å²) in [5.41, 5.74) is 6.46. The van der Waals surface area contributed by atoms with Gasteiger partial charge in [0, 0.05) is 18.0 Å². The third-order valence-corrected chi connectivity index (χ3v) is 4.28. The molecule has 23 heavy (non-hydrogen) atoms. The van der Waals surface area contributed by atoms with Crippen molar-refractivity contribution >= 4 is 0 Å². The second-order valence-electron chi connectivity index (χ2n) is 6.17. The lowest BCUT2D eigenvalue weighted by molar-refractivity contribution is 0.793. The second-order valence-corrected chi connectivity index (χ2v) is 6.17. The van der Waals surface area contributed by atoms with Crippen molar-refractivity contribution in [1.82, 2.24) is 9.55 Å². The SMILES string of the molecule is CCCCc1cc(C)c(-n2ccnc2-c2ccccc2)c(C)c1. The van der Waals surface area contributed by atoms with E-state index in [1.165, 1.54) is 35.2 Å². The van der Waals surface area contributed by atoms with Gasteiger partial charge in [0.25, 0.3) is 0 Å². The fraction of sp³-hybridized carbons (Fsp3) is 0.286. The van der Waals surface area contributed by atoms with E-state index in [1.54, 1.807) is 0 Å². The summed E-state index contributed by atoms with van der Waals surface area (Å²) in [4.78, 5) is 4.58. The first-order chi connectivity index (χ1) is 11.2. The lowest BCUT2D eigenvalue weighted by Gasteiger charge is -2.16. The van der Waals surface area contributed by atoms with Crippen LogP contribution in [0, 0.1) is 13.8 Å². The van der Waals surface area contributed by atoms with E-state index in [-0.39, 0.29) is 0 Å². The first kappa shape index (κ1) is 15.5. The van der Waals surface area contributed by atoms with Crippen LogP contribution in [-0.2, 0) is 6.42 Å². The van der Waals surface area contributed by atoms with Crippen LogP contribution in [0.2, 0.25) is 0 Å². The molecule has 2 nitrogen and oxygen atoms in total. The molecule has 3 rings (SSSR count). The lowest BCUT2D eigenvalue weighted by Crippen LogP contribution is -2.03. The minimum absolute atomic E-state index is 0.998. The Kier molecular flexibility index (Phi) is 4.61.